The predicted octanol–water partition coefficient (Wildman–Crippen LogP) is 7.84. The van der Waals surface area contributed by atoms with Crippen LogP contribution >= 0.6 is 35.3 Å². The normalized spacial score (nSPS) is 20.2. The van der Waals surface area contributed by atoms with Gasteiger partial charge < -0.3 is 15.1 Å². The number of amides is 1. The monoisotopic (exact) mass is 797 g/mol. The summed E-state index contributed by atoms with van der Waals surface area (Å²) in [6.07, 6.45) is 16.4. The number of carbonyl (C=O) groups excluding carboxylic acids is 1. The SMILES string of the molecule is C=Cc1ccc(N2c3ccc(C=CC=c4s/c(=C5/SC(=S)N(CC(C)(C)CC(C)(C)C(=O)O)C5=O)n(CC(=O)O)c4=O)cc3C3CCCCC32)cc1/C=C\C. The molecule has 12 heteroatoms. The van der Waals surface area contributed by atoms with E-state index >= 15 is 0 Å². The third kappa shape index (κ3) is 8.22. The number of rotatable bonds is 12. The molecule has 0 spiro atoms. The number of carboxylic acid groups (broad SMARTS) is 2. The highest BCUT2D eigenvalue weighted by atomic mass is 32.2. The molecule has 3 heterocycles. The molecule has 1 aromatic heterocycles. The maximum atomic E-state index is 13.8. The molecule has 288 valence electrons. The van der Waals surface area contributed by atoms with Gasteiger partial charge in [0.2, 0.25) is 0 Å². The molecular weight excluding hydrogens is 751 g/mol. The van der Waals surface area contributed by atoms with Gasteiger partial charge in [0.15, 0.2) is 0 Å². The van der Waals surface area contributed by atoms with Crippen molar-refractivity contribution in [2.45, 2.75) is 85.2 Å². The van der Waals surface area contributed by atoms with E-state index in [0.717, 1.165) is 57.2 Å². The number of carboxylic acids is 2. The van der Waals surface area contributed by atoms with Gasteiger partial charge in [-0.05, 0) is 98.0 Å². The third-order valence-electron chi connectivity index (χ3n) is 10.6. The summed E-state index contributed by atoms with van der Waals surface area (Å²) in [5.74, 6) is -2.16. The minimum absolute atomic E-state index is 0.174. The topological polar surface area (TPSA) is 120 Å². The van der Waals surface area contributed by atoms with Crippen LogP contribution in [0.1, 0.15) is 94.9 Å². The van der Waals surface area contributed by atoms with Crippen LogP contribution in [-0.4, -0.2) is 54.4 Å². The van der Waals surface area contributed by atoms with Crippen LogP contribution in [0, 0.1) is 10.8 Å². The van der Waals surface area contributed by atoms with Crippen LogP contribution in [0.4, 0.5) is 11.4 Å². The Labute approximate surface area is 335 Å². The average molecular weight is 798 g/mol. The largest absolute Gasteiger partial charge is 0.481 e. The number of aliphatic carboxylic acids is 2. The van der Waals surface area contributed by atoms with Gasteiger partial charge in [0.25, 0.3) is 11.5 Å². The number of allylic oxidation sites excluding steroid dienone is 2. The molecule has 1 saturated carbocycles. The van der Waals surface area contributed by atoms with Crippen molar-refractivity contribution in [1.29, 1.82) is 0 Å². The first kappa shape index (κ1) is 40.2. The average Bonchev–Trinajstić information content (AvgIpc) is 3.71. The highest BCUT2D eigenvalue weighted by Gasteiger charge is 2.42. The van der Waals surface area contributed by atoms with Crippen molar-refractivity contribution < 1.29 is 24.6 Å². The number of aromatic nitrogens is 1. The van der Waals surface area contributed by atoms with Gasteiger partial charge in [-0.15, -0.1) is 11.3 Å². The van der Waals surface area contributed by atoms with E-state index in [1.165, 1.54) is 34.7 Å². The zero-order valence-corrected chi connectivity index (χ0v) is 34.3. The van der Waals surface area contributed by atoms with Crippen LogP contribution in [0.2, 0.25) is 0 Å². The quantitative estimate of drug-likeness (QED) is 0.177. The second kappa shape index (κ2) is 15.9. The van der Waals surface area contributed by atoms with E-state index in [2.05, 4.69) is 54.0 Å². The fourth-order valence-corrected chi connectivity index (χ4v) is 10.8. The number of thiocarbonyl (C=S) groups is 1. The number of nitrogens with zero attached hydrogens (tertiary/aromatic N) is 3. The smallest absolute Gasteiger partial charge is 0.323 e. The van der Waals surface area contributed by atoms with Gasteiger partial charge in [-0.2, -0.15) is 0 Å². The van der Waals surface area contributed by atoms with Crippen LogP contribution in [-0.2, 0) is 20.9 Å². The van der Waals surface area contributed by atoms with E-state index in [1.807, 2.05) is 39.0 Å². The second-order valence-electron chi connectivity index (χ2n) is 15.9. The summed E-state index contributed by atoms with van der Waals surface area (Å²) in [5.41, 5.74) is 4.81. The van der Waals surface area contributed by atoms with Crippen LogP contribution in [0.15, 0.2) is 59.9 Å². The summed E-state index contributed by atoms with van der Waals surface area (Å²) < 4.78 is 1.92. The van der Waals surface area contributed by atoms with Crippen LogP contribution < -0.4 is 19.7 Å². The number of thiazole rings is 1. The molecule has 0 radical (unpaired) electrons. The molecule has 2 unspecified atom stereocenters. The Bertz CT molecular complexity index is 2330. The van der Waals surface area contributed by atoms with Crippen molar-refractivity contribution in [2.75, 3.05) is 11.4 Å². The molecule has 55 heavy (non-hydrogen) atoms. The molecule has 0 bridgehead atoms. The highest BCUT2D eigenvalue weighted by molar-refractivity contribution is 8.30. The molecule has 2 aromatic carbocycles. The van der Waals surface area contributed by atoms with Crippen molar-refractivity contribution in [1.82, 2.24) is 9.47 Å². The second-order valence-corrected chi connectivity index (χ2v) is 18.5. The Balaban J connectivity index is 1.32. The standard InChI is InChI=1S/C43H47N3O6S3/c1-7-12-28-22-29(19-18-27(28)8-2)46-32-15-10-9-14-30(32)31-21-26(17-20-33(31)46)13-11-16-34-37(49)44(23-35(47)48)39(54-34)36-38(50)45(41(53)55-36)25-42(3,4)24-43(5,6)40(51)52/h7-8,11-13,16-22,30,32H,2,9-10,14-15,23-25H2,1,3-6H3,(H,47,48)(H,51,52)/b12-7-,13-11?,34-16?,39-36+. The van der Waals surface area contributed by atoms with Gasteiger partial charge in [0.05, 0.1) is 9.95 Å². The van der Waals surface area contributed by atoms with Crippen LogP contribution in [0.25, 0.3) is 29.2 Å². The summed E-state index contributed by atoms with van der Waals surface area (Å²) in [6, 6.07) is 13.5. The van der Waals surface area contributed by atoms with E-state index in [9.17, 15) is 29.4 Å². The van der Waals surface area contributed by atoms with Crippen molar-refractivity contribution in [3.8, 4) is 0 Å². The first-order valence-electron chi connectivity index (χ1n) is 18.5. The first-order chi connectivity index (χ1) is 26.0. The number of benzene rings is 2. The molecule has 3 aliphatic rings. The van der Waals surface area contributed by atoms with Crippen molar-refractivity contribution >= 4 is 98.1 Å². The Morgan fingerprint density at radius 3 is 2.45 bits per heavy atom. The van der Waals surface area contributed by atoms with Gasteiger partial charge in [0, 0.05) is 29.9 Å². The number of hydrogen-bond donors (Lipinski definition) is 2. The molecule has 2 fully saturated rings. The predicted molar refractivity (Wildman–Crippen MR) is 229 cm³/mol. The molecule has 6 rings (SSSR count). The number of fused-ring (bicyclic) bond motifs is 3. The lowest BCUT2D eigenvalue weighted by atomic mass is 9.75. The minimum atomic E-state index is -1.21. The molecule has 1 saturated heterocycles. The number of anilines is 2. The molecule has 2 aliphatic heterocycles. The summed E-state index contributed by atoms with van der Waals surface area (Å²) in [7, 11) is 0. The van der Waals surface area contributed by atoms with Crippen molar-refractivity contribution in [3.05, 3.63) is 96.9 Å². The molecular formula is C43H47N3O6S3. The highest BCUT2D eigenvalue weighted by Crippen LogP contribution is 2.51. The number of hydrogen-bond acceptors (Lipinski definition) is 8. The molecule has 9 nitrogen and oxygen atoms in total. The lowest BCUT2D eigenvalue weighted by molar-refractivity contribution is -0.148. The Morgan fingerprint density at radius 2 is 1.76 bits per heavy atom. The summed E-state index contributed by atoms with van der Waals surface area (Å²) in [6.45, 7) is 12.6. The molecule has 1 aliphatic carbocycles. The van der Waals surface area contributed by atoms with Crippen LogP contribution in [0.5, 0.6) is 0 Å². The minimum Gasteiger partial charge on any atom is -0.481 e. The maximum Gasteiger partial charge on any atom is 0.323 e. The van der Waals surface area contributed by atoms with E-state index in [-0.39, 0.29) is 20.4 Å². The lowest BCUT2D eigenvalue weighted by Crippen LogP contribution is -2.41. The van der Waals surface area contributed by atoms with Crippen molar-refractivity contribution in [3.63, 3.8) is 0 Å². The molecule has 3 aromatic rings. The Kier molecular flexibility index (Phi) is 11.6. The van der Waals surface area contributed by atoms with E-state index in [4.69, 9.17) is 12.2 Å². The lowest BCUT2D eigenvalue weighted by Gasteiger charge is -2.34. The van der Waals surface area contributed by atoms with Gasteiger partial charge in [-0.3, -0.25) is 28.6 Å². The first-order valence-corrected chi connectivity index (χ1v) is 20.5. The Hall–Kier alpha value is -4.52. The van der Waals surface area contributed by atoms with E-state index < -0.39 is 40.8 Å². The molecule has 1 amide bonds. The summed E-state index contributed by atoms with van der Waals surface area (Å²) >= 11 is 7.68. The van der Waals surface area contributed by atoms with Crippen molar-refractivity contribution in [2.24, 2.45) is 10.8 Å². The fourth-order valence-electron chi connectivity index (χ4n) is 8.35. The zero-order chi connectivity index (χ0) is 39.8. The third-order valence-corrected chi connectivity index (χ3v) is 13.3. The number of carbonyl (C=O) groups is 3. The maximum absolute atomic E-state index is 13.8. The Morgan fingerprint density at radius 1 is 1.02 bits per heavy atom. The number of thioether (sulfide) groups is 1. The summed E-state index contributed by atoms with van der Waals surface area (Å²) in [5, 5.41) is 19.4. The fraction of sp³-hybridized carbons (Fsp3) is 0.372. The van der Waals surface area contributed by atoms with Gasteiger partial charge in [-0.1, -0.05) is 99.8 Å². The van der Waals surface area contributed by atoms with Gasteiger partial charge >= 0.3 is 11.9 Å². The zero-order valence-electron chi connectivity index (χ0n) is 31.8. The van der Waals surface area contributed by atoms with Gasteiger partial charge in [0.1, 0.15) is 20.4 Å². The van der Waals surface area contributed by atoms with Gasteiger partial charge in [-0.25, -0.2) is 0 Å². The van der Waals surface area contributed by atoms with E-state index in [0.29, 0.717) is 22.9 Å². The summed E-state index contributed by atoms with van der Waals surface area (Å²) in [4.78, 5) is 55.2. The molecule has 2 N–H and O–H groups in total. The molecule has 2 atom stereocenters. The van der Waals surface area contributed by atoms with Crippen LogP contribution in [0.3, 0.4) is 0 Å². The van der Waals surface area contributed by atoms with E-state index in [1.54, 1.807) is 26.0 Å².